The summed E-state index contributed by atoms with van der Waals surface area (Å²) in [6, 6.07) is 0. The minimum atomic E-state index is 0.246. The molecule has 2 nitrogen and oxygen atoms in total. The normalized spacial score (nSPS) is 13.1. The summed E-state index contributed by atoms with van der Waals surface area (Å²) >= 11 is 0. The van der Waals surface area contributed by atoms with Gasteiger partial charge in [-0.25, -0.2) is 0 Å². The van der Waals surface area contributed by atoms with E-state index >= 15 is 0 Å². The van der Waals surface area contributed by atoms with E-state index in [0.29, 0.717) is 6.61 Å². The van der Waals surface area contributed by atoms with Gasteiger partial charge >= 0.3 is 0 Å². The minimum absolute atomic E-state index is 0.246. The first-order chi connectivity index (χ1) is 6.81. The largest absolute Gasteiger partial charge is 0.382 e. The molecule has 1 atom stereocenters. The lowest BCUT2D eigenvalue weighted by Crippen LogP contribution is -2.15. The van der Waals surface area contributed by atoms with Crippen LogP contribution in [-0.4, -0.2) is 26.4 Å². The first-order valence-electron chi connectivity index (χ1n) is 5.91. The number of hydrogen-bond acceptors (Lipinski definition) is 2. The molecule has 86 valence electrons. The quantitative estimate of drug-likeness (QED) is 0.505. The lowest BCUT2D eigenvalue weighted by Gasteiger charge is -2.11. The van der Waals surface area contributed by atoms with Crippen LogP contribution in [-0.2, 0) is 9.47 Å². The third kappa shape index (κ3) is 10.0. The fourth-order valence-corrected chi connectivity index (χ4v) is 1.45. The molecular formula is C12H26O2. The summed E-state index contributed by atoms with van der Waals surface area (Å²) in [5, 5.41) is 0. The topological polar surface area (TPSA) is 18.5 Å². The SMILES string of the molecule is CCCCCCCCOC(C)COC. The Balaban J connectivity index is 2.98. The maximum Gasteiger partial charge on any atom is 0.0780 e. The summed E-state index contributed by atoms with van der Waals surface area (Å²) in [6.45, 7) is 5.89. The zero-order chi connectivity index (χ0) is 10.6. The summed E-state index contributed by atoms with van der Waals surface area (Å²) < 4.78 is 10.6. The van der Waals surface area contributed by atoms with Crippen LogP contribution in [0, 0.1) is 0 Å². The Kier molecular flexibility index (Phi) is 10.9. The molecule has 0 aromatic rings. The molecule has 1 unspecified atom stereocenters. The first kappa shape index (κ1) is 13.9. The van der Waals surface area contributed by atoms with Crippen LogP contribution < -0.4 is 0 Å². The van der Waals surface area contributed by atoms with E-state index in [4.69, 9.17) is 9.47 Å². The third-order valence-electron chi connectivity index (χ3n) is 2.30. The van der Waals surface area contributed by atoms with Crippen LogP contribution in [0.3, 0.4) is 0 Å². The van der Waals surface area contributed by atoms with Crippen LogP contribution in [0.4, 0.5) is 0 Å². The Morgan fingerprint density at radius 2 is 1.64 bits per heavy atom. The van der Waals surface area contributed by atoms with Crippen LogP contribution >= 0.6 is 0 Å². The van der Waals surface area contributed by atoms with Crippen LogP contribution in [0.2, 0.25) is 0 Å². The monoisotopic (exact) mass is 202 g/mol. The highest BCUT2D eigenvalue weighted by Crippen LogP contribution is 2.05. The smallest absolute Gasteiger partial charge is 0.0780 e. The number of unbranched alkanes of at least 4 members (excludes halogenated alkanes) is 5. The minimum Gasteiger partial charge on any atom is -0.382 e. The van der Waals surface area contributed by atoms with Crippen LogP contribution in [0.5, 0.6) is 0 Å². The molecule has 0 aliphatic heterocycles. The Morgan fingerprint density at radius 3 is 2.29 bits per heavy atom. The van der Waals surface area contributed by atoms with Crippen molar-refractivity contribution < 1.29 is 9.47 Å². The number of methoxy groups -OCH3 is 1. The van der Waals surface area contributed by atoms with Gasteiger partial charge < -0.3 is 9.47 Å². The van der Waals surface area contributed by atoms with E-state index in [-0.39, 0.29) is 6.10 Å². The van der Waals surface area contributed by atoms with Crippen molar-refractivity contribution >= 4 is 0 Å². The molecule has 14 heavy (non-hydrogen) atoms. The molecule has 2 heteroatoms. The zero-order valence-corrected chi connectivity index (χ0v) is 10.1. The van der Waals surface area contributed by atoms with Gasteiger partial charge in [0.25, 0.3) is 0 Å². The second-order valence-electron chi connectivity index (χ2n) is 3.90. The maximum atomic E-state index is 5.56. The van der Waals surface area contributed by atoms with E-state index in [1.54, 1.807) is 7.11 Å². The number of ether oxygens (including phenoxy) is 2. The molecule has 0 bridgehead atoms. The average Bonchev–Trinajstić information content (AvgIpc) is 2.17. The Labute approximate surface area is 89.0 Å². The Bertz CT molecular complexity index is 104. The van der Waals surface area contributed by atoms with Crippen molar-refractivity contribution in [2.24, 2.45) is 0 Å². The Hall–Kier alpha value is -0.0800. The van der Waals surface area contributed by atoms with Crippen molar-refractivity contribution in [1.82, 2.24) is 0 Å². The Morgan fingerprint density at radius 1 is 1.00 bits per heavy atom. The number of hydrogen-bond donors (Lipinski definition) is 0. The van der Waals surface area contributed by atoms with Crippen LogP contribution in [0.25, 0.3) is 0 Å². The van der Waals surface area contributed by atoms with E-state index in [1.165, 1.54) is 38.5 Å². The molecule has 0 heterocycles. The summed E-state index contributed by atoms with van der Waals surface area (Å²) in [6.07, 6.45) is 8.18. The van der Waals surface area contributed by atoms with Crippen LogP contribution in [0.1, 0.15) is 52.4 Å². The predicted octanol–water partition coefficient (Wildman–Crippen LogP) is 3.40. The summed E-state index contributed by atoms with van der Waals surface area (Å²) in [5.41, 5.74) is 0. The molecule has 0 amide bonds. The lowest BCUT2D eigenvalue weighted by molar-refractivity contribution is 0.00763. The van der Waals surface area contributed by atoms with Gasteiger partial charge in [-0.15, -0.1) is 0 Å². The van der Waals surface area contributed by atoms with Crippen molar-refractivity contribution in [3.63, 3.8) is 0 Å². The first-order valence-corrected chi connectivity index (χ1v) is 5.91. The molecule has 0 aliphatic carbocycles. The molecule has 0 aromatic heterocycles. The van der Waals surface area contributed by atoms with Gasteiger partial charge in [0, 0.05) is 13.7 Å². The van der Waals surface area contributed by atoms with Gasteiger partial charge in [-0.2, -0.15) is 0 Å². The number of rotatable bonds is 10. The van der Waals surface area contributed by atoms with Gasteiger partial charge in [0.15, 0.2) is 0 Å². The highest BCUT2D eigenvalue weighted by Gasteiger charge is 1.99. The van der Waals surface area contributed by atoms with Gasteiger partial charge in [-0.3, -0.25) is 0 Å². The van der Waals surface area contributed by atoms with E-state index in [1.807, 2.05) is 0 Å². The molecule has 0 saturated carbocycles. The van der Waals surface area contributed by atoms with Crippen molar-refractivity contribution in [2.75, 3.05) is 20.3 Å². The standard InChI is InChI=1S/C12H26O2/c1-4-5-6-7-8-9-10-14-12(2)11-13-3/h12H,4-11H2,1-3H3. The molecule has 0 saturated heterocycles. The van der Waals surface area contributed by atoms with E-state index in [9.17, 15) is 0 Å². The van der Waals surface area contributed by atoms with Gasteiger partial charge in [0.05, 0.1) is 12.7 Å². The summed E-state index contributed by atoms with van der Waals surface area (Å²) in [5.74, 6) is 0. The van der Waals surface area contributed by atoms with Gasteiger partial charge in [0.1, 0.15) is 0 Å². The van der Waals surface area contributed by atoms with Crippen LogP contribution in [0.15, 0.2) is 0 Å². The molecule has 0 aliphatic rings. The molecule has 0 spiro atoms. The molecule has 0 fully saturated rings. The fraction of sp³-hybridized carbons (Fsp3) is 1.00. The maximum absolute atomic E-state index is 5.56. The predicted molar refractivity (Wildman–Crippen MR) is 60.7 cm³/mol. The lowest BCUT2D eigenvalue weighted by atomic mass is 10.1. The van der Waals surface area contributed by atoms with Gasteiger partial charge in [-0.05, 0) is 13.3 Å². The highest BCUT2D eigenvalue weighted by atomic mass is 16.5. The molecule has 0 rings (SSSR count). The highest BCUT2D eigenvalue weighted by molar-refractivity contribution is 4.48. The van der Waals surface area contributed by atoms with E-state index in [2.05, 4.69) is 13.8 Å². The van der Waals surface area contributed by atoms with E-state index in [0.717, 1.165) is 6.61 Å². The summed E-state index contributed by atoms with van der Waals surface area (Å²) in [7, 11) is 1.71. The second kappa shape index (κ2) is 11.0. The fourth-order valence-electron chi connectivity index (χ4n) is 1.45. The van der Waals surface area contributed by atoms with Gasteiger partial charge in [0.2, 0.25) is 0 Å². The van der Waals surface area contributed by atoms with Crippen molar-refractivity contribution in [1.29, 1.82) is 0 Å². The van der Waals surface area contributed by atoms with Crippen molar-refractivity contribution in [2.45, 2.75) is 58.5 Å². The van der Waals surface area contributed by atoms with Crippen molar-refractivity contribution in [3.8, 4) is 0 Å². The molecule has 0 radical (unpaired) electrons. The molecule has 0 aromatic carbocycles. The van der Waals surface area contributed by atoms with E-state index < -0.39 is 0 Å². The molecular weight excluding hydrogens is 176 g/mol. The zero-order valence-electron chi connectivity index (χ0n) is 10.1. The average molecular weight is 202 g/mol. The van der Waals surface area contributed by atoms with Gasteiger partial charge in [-0.1, -0.05) is 39.0 Å². The summed E-state index contributed by atoms with van der Waals surface area (Å²) in [4.78, 5) is 0. The third-order valence-corrected chi connectivity index (χ3v) is 2.30. The molecule has 0 N–H and O–H groups in total. The van der Waals surface area contributed by atoms with Crippen molar-refractivity contribution in [3.05, 3.63) is 0 Å². The second-order valence-corrected chi connectivity index (χ2v) is 3.90.